The highest BCUT2D eigenvalue weighted by Gasteiger charge is 2.40. The van der Waals surface area contributed by atoms with Crippen LogP contribution in [0.4, 0.5) is 13.2 Å². The molecule has 1 unspecified atom stereocenters. The average Bonchev–Trinajstić information content (AvgIpc) is 1.98. The van der Waals surface area contributed by atoms with Gasteiger partial charge in [-0.25, -0.2) is 0 Å². The summed E-state index contributed by atoms with van der Waals surface area (Å²) in [6, 6.07) is 0. The van der Waals surface area contributed by atoms with E-state index in [9.17, 15) is 13.2 Å². The van der Waals surface area contributed by atoms with E-state index in [1.54, 1.807) is 13.8 Å². The first-order valence-electron chi connectivity index (χ1n) is 4.64. The third-order valence-corrected chi connectivity index (χ3v) is 1.76. The first kappa shape index (κ1) is 13.7. The molecule has 0 spiro atoms. The molecule has 0 aromatic rings. The van der Waals surface area contributed by atoms with Gasteiger partial charge in [0, 0.05) is 6.54 Å². The number of hydrogen-bond donors (Lipinski definition) is 1. The molecule has 0 saturated heterocycles. The molecule has 0 radical (unpaired) electrons. The lowest BCUT2D eigenvalue weighted by Crippen LogP contribution is -2.43. The summed E-state index contributed by atoms with van der Waals surface area (Å²) in [6.45, 7) is 7.31. The van der Waals surface area contributed by atoms with Crippen LogP contribution < -0.4 is 5.32 Å². The fourth-order valence-electron chi connectivity index (χ4n) is 1.01. The lowest BCUT2D eigenvalue weighted by Gasteiger charge is -2.30. The molecule has 1 N–H and O–H groups in total. The Morgan fingerprint density at radius 1 is 1.29 bits per heavy atom. The second kappa shape index (κ2) is 4.98. The summed E-state index contributed by atoms with van der Waals surface area (Å²) >= 11 is 0. The first-order valence-corrected chi connectivity index (χ1v) is 4.64. The van der Waals surface area contributed by atoms with Gasteiger partial charge in [-0.1, -0.05) is 6.92 Å². The van der Waals surface area contributed by atoms with E-state index in [0.29, 0.717) is 13.1 Å². The maximum absolute atomic E-state index is 12.2. The van der Waals surface area contributed by atoms with E-state index in [2.05, 4.69) is 5.32 Å². The quantitative estimate of drug-likeness (QED) is 0.756. The second-order valence-electron chi connectivity index (χ2n) is 3.84. The van der Waals surface area contributed by atoms with Crippen LogP contribution >= 0.6 is 0 Å². The minimum Gasteiger partial charge on any atom is -0.362 e. The summed E-state index contributed by atoms with van der Waals surface area (Å²) in [5, 5.41) is 2.95. The molecule has 14 heavy (non-hydrogen) atoms. The topological polar surface area (TPSA) is 21.3 Å². The number of hydrogen-bond acceptors (Lipinski definition) is 2. The molecule has 0 saturated carbocycles. The first-order chi connectivity index (χ1) is 6.19. The third-order valence-electron chi connectivity index (χ3n) is 1.76. The molecule has 2 nitrogen and oxygen atoms in total. The standard InChI is InChI=1S/C9H18F3NO/c1-5-13-6-8(3,4)14-7(2)9(10,11)12/h7,13H,5-6H2,1-4H3. The Bertz CT molecular complexity index is 168. The molecule has 0 fully saturated rings. The van der Waals surface area contributed by atoms with E-state index >= 15 is 0 Å². The lowest BCUT2D eigenvalue weighted by molar-refractivity contribution is -0.240. The summed E-state index contributed by atoms with van der Waals surface area (Å²) in [5.74, 6) is 0. The maximum Gasteiger partial charge on any atom is 0.414 e. The predicted octanol–water partition coefficient (Wildman–Crippen LogP) is 2.34. The van der Waals surface area contributed by atoms with Gasteiger partial charge >= 0.3 is 6.18 Å². The molecule has 0 heterocycles. The van der Waals surface area contributed by atoms with Crippen LogP contribution in [-0.4, -0.2) is 31.0 Å². The van der Waals surface area contributed by atoms with Gasteiger partial charge in [0.2, 0.25) is 0 Å². The molecule has 0 aliphatic rings. The molecule has 86 valence electrons. The van der Waals surface area contributed by atoms with Crippen molar-refractivity contribution in [3.63, 3.8) is 0 Å². The molecule has 0 aromatic carbocycles. The molecular formula is C9H18F3NO. The normalized spacial score (nSPS) is 15.6. The van der Waals surface area contributed by atoms with E-state index in [0.717, 1.165) is 6.92 Å². The Kier molecular flexibility index (Phi) is 4.88. The van der Waals surface area contributed by atoms with E-state index in [1.165, 1.54) is 0 Å². The van der Waals surface area contributed by atoms with Gasteiger partial charge in [-0.15, -0.1) is 0 Å². The van der Waals surface area contributed by atoms with Crippen molar-refractivity contribution in [2.24, 2.45) is 0 Å². The van der Waals surface area contributed by atoms with Crippen LogP contribution in [0.25, 0.3) is 0 Å². The maximum atomic E-state index is 12.2. The van der Waals surface area contributed by atoms with Crippen LogP contribution in [0.2, 0.25) is 0 Å². The van der Waals surface area contributed by atoms with Crippen LogP contribution in [0.3, 0.4) is 0 Å². The molecule has 0 aromatic heterocycles. The molecule has 0 rings (SSSR count). The minimum absolute atomic E-state index is 0.407. The van der Waals surface area contributed by atoms with E-state index in [-0.39, 0.29) is 0 Å². The van der Waals surface area contributed by atoms with Crippen molar-refractivity contribution in [2.75, 3.05) is 13.1 Å². The Balaban J connectivity index is 4.08. The van der Waals surface area contributed by atoms with E-state index in [4.69, 9.17) is 4.74 Å². The summed E-state index contributed by atoms with van der Waals surface area (Å²) < 4.78 is 41.4. The molecule has 0 bridgehead atoms. The van der Waals surface area contributed by atoms with E-state index in [1.807, 2.05) is 6.92 Å². The zero-order valence-electron chi connectivity index (χ0n) is 9.03. The molecule has 1 atom stereocenters. The molecule has 0 amide bonds. The number of halogens is 3. The fraction of sp³-hybridized carbons (Fsp3) is 1.00. The smallest absolute Gasteiger partial charge is 0.362 e. The number of likely N-dealkylation sites (N-methyl/N-ethyl adjacent to an activating group) is 1. The monoisotopic (exact) mass is 213 g/mol. The van der Waals surface area contributed by atoms with Crippen molar-refractivity contribution >= 4 is 0 Å². The molecule has 0 aliphatic carbocycles. The summed E-state index contributed by atoms with van der Waals surface area (Å²) in [5.41, 5.74) is -0.801. The number of nitrogens with one attached hydrogen (secondary N) is 1. The van der Waals surface area contributed by atoms with Crippen LogP contribution in [0.5, 0.6) is 0 Å². The summed E-state index contributed by atoms with van der Waals surface area (Å²) in [7, 11) is 0. The van der Waals surface area contributed by atoms with Crippen LogP contribution in [0.15, 0.2) is 0 Å². The average molecular weight is 213 g/mol. The Labute approximate surface area is 82.8 Å². The Hall–Kier alpha value is -0.290. The van der Waals surface area contributed by atoms with Crippen molar-refractivity contribution < 1.29 is 17.9 Å². The molecule has 0 aliphatic heterocycles. The van der Waals surface area contributed by atoms with Crippen LogP contribution in [0.1, 0.15) is 27.7 Å². The van der Waals surface area contributed by atoms with Gasteiger partial charge in [-0.3, -0.25) is 0 Å². The highest BCUT2D eigenvalue weighted by atomic mass is 19.4. The number of ether oxygens (including phenoxy) is 1. The SMILES string of the molecule is CCNCC(C)(C)OC(C)C(F)(F)F. The van der Waals surface area contributed by atoms with Gasteiger partial charge in [-0.2, -0.15) is 13.2 Å². The van der Waals surface area contributed by atoms with Crippen LogP contribution in [-0.2, 0) is 4.74 Å². The largest absolute Gasteiger partial charge is 0.414 e. The van der Waals surface area contributed by atoms with Gasteiger partial charge in [-0.05, 0) is 27.3 Å². The second-order valence-corrected chi connectivity index (χ2v) is 3.84. The van der Waals surface area contributed by atoms with Gasteiger partial charge in [0.25, 0.3) is 0 Å². The Morgan fingerprint density at radius 2 is 1.79 bits per heavy atom. The van der Waals surface area contributed by atoms with Gasteiger partial charge < -0.3 is 10.1 Å². The summed E-state index contributed by atoms with van der Waals surface area (Å²) in [4.78, 5) is 0. The number of rotatable bonds is 5. The van der Waals surface area contributed by atoms with Crippen molar-refractivity contribution in [1.82, 2.24) is 5.32 Å². The highest BCUT2D eigenvalue weighted by Crippen LogP contribution is 2.26. The zero-order chi connectivity index (χ0) is 11.4. The lowest BCUT2D eigenvalue weighted by atomic mass is 10.1. The minimum atomic E-state index is -4.29. The van der Waals surface area contributed by atoms with Gasteiger partial charge in [0.1, 0.15) is 0 Å². The van der Waals surface area contributed by atoms with E-state index < -0.39 is 17.9 Å². The predicted molar refractivity (Wildman–Crippen MR) is 49.2 cm³/mol. The Morgan fingerprint density at radius 3 is 2.14 bits per heavy atom. The third kappa shape index (κ3) is 5.44. The van der Waals surface area contributed by atoms with Crippen molar-refractivity contribution in [2.45, 2.75) is 45.6 Å². The zero-order valence-corrected chi connectivity index (χ0v) is 9.03. The molecular weight excluding hydrogens is 195 g/mol. The van der Waals surface area contributed by atoms with Crippen LogP contribution in [0, 0.1) is 0 Å². The highest BCUT2D eigenvalue weighted by molar-refractivity contribution is 4.75. The summed E-state index contributed by atoms with van der Waals surface area (Å²) in [6.07, 6.45) is -6.01. The van der Waals surface area contributed by atoms with Crippen molar-refractivity contribution in [3.05, 3.63) is 0 Å². The van der Waals surface area contributed by atoms with Gasteiger partial charge in [0.15, 0.2) is 6.10 Å². The van der Waals surface area contributed by atoms with Crippen molar-refractivity contribution in [1.29, 1.82) is 0 Å². The van der Waals surface area contributed by atoms with Crippen molar-refractivity contribution in [3.8, 4) is 0 Å². The number of alkyl halides is 3. The fourth-order valence-corrected chi connectivity index (χ4v) is 1.01. The van der Waals surface area contributed by atoms with Gasteiger partial charge in [0.05, 0.1) is 5.60 Å². The molecule has 5 heteroatoms.